The highest BCUT2D eigenvalue weighted by atomic mass is 16.5. The lowest BCUT2D eigenvalue weighted by Gasteiger charge is -2.14. The van der Waals surface area contributed by atoms with Gasteiger partial charge in [-0.05, 0) is 25.1 Å². The van der Waals surface area contributed by atoms with E-state index in [4.69, 9.17) is 4.74 Å². The van der Waals surface area contributed by atoms with Crippen molar-refractivity contribution in [3.05, 3.63) is 34.9 Å². The molecular weight excluding hydrogens is 272 g/mol. The number of fused-ring (bicyclic) bond motifs is 1. The quantitative estimate of drug-likeness (QED) is 0.741. The van der Waals surface area contributed by atoms with Crippen LogP contribution in [0.25, 0.3) is 5.65 Å². The zero-order chi connectivity index (χ0) is 14.8. The van der Waals surface area contributed by atoms with E-state index in [1.165, 1.54) is 16.2 Å². The van der Waals surface area contributed by atoms with Crippen molar-refractivity contribution in [3.8, 4) is 0 Å². The average Bonchev–Trinajstić information content (AvgIpc) is 3.10. The summed E-state index contributed by atoms with van der Waals surface area (Å²) >= 11 is 0. The number of esters is 1. The van der Waals surface area contributed by atoms with Crippen LogP contribution in [0.5, 0.6) is 0 Å². The molecule has 1 aliphatic heterocycles. The van der Waals surface area contributed by atoms with Crippen LogP contribution in [0.3, 0.4) is 0 Å². The minimum atomic E-state index is -0.151. The number of aromatic nitrogens is 3. The third-order valence-electron chi connectivity index (χ3n) is 3.92. The maximum Gasteiger partial charge on any atom is 0.350 e. The molecule has 0 radical (unpaired) electrons. The summed E-state index contributed by atoms with van der Waals surface area (Å²) in [7, 11) is 1.42. The second-order valence-electron chi connectivity index (χ2n) is 5.24. The van der Waals surface area contributed by atoms with Gasteiger partial charge in [-0.25, -0.2) is 9.48 Å². The van der Waals surface area contributed by atoms with Gasteiger partial charge in [0.1, 0.15) is 0 Å². The number of carbonyl (C=O) groups is 1. The second-order valence-corrected chi connectivity index (χ2v) is 5.24. The Bertz CT molecular complexity index is 706. The van der Waals surface area contributed by atoms with Crippen molar-refractivity contribution in [2.45, 2.75) is 13.0 Å². The van der Waals surface area contributed by atoms with Gasteiger partial charge >= 0.3 is 11.7 Å². The summed E-state index contributed by atoms with van der Waals surface area (Å²) in [6.07, 6.45) is 2.52. The summed E-state index contributed by atoms with van der Waals surface area (Å²) in [5, 5.41) is 4.29. The number of hydrogen-bond acceptors (Lipinski definition) is 5. The molecule has 2 aromatic rings. The molecule has 21 heavy (non-hydrogen) atoms. The smallest absolute Gasteiger partial charge is 0.350 e. The highest BCUT2D eigenvalue weighted by Crippen LogP contribution is 2.16. The van der Waals surface area contributed by atoms with Crippen LogP contribution in [0.1, 0.15) is 6.42 Å². The van der Waals surface area contributed by atoms with Crippen molar-refractivity contribution in [1.82, 2.24) is 19.1 Å². The molecule has 3 heterocycles. The lowest BCUT2D eigenvalue weighted by Crippen LogP contribution is -2.31. The van der Waals surface area contributed by atoms with Crippen LogP contribution >= 0.6 is 0 Å². The molecule has 1 atom stereocenters. The van der Waals surface area contributed by atoms with Gasteiger partial charge in [0.2, 0.25) is 0 Å². The van der Waals surface area contributed by atoms with Gasteiger partial charge in [0.05, 0.1) is 19.6 Å². The SMILES string of the molecule is COC(=O)C1CCN(CCn2nc3ccccn3c2=O)C1. The van der Waals surface area contributed by atoms with Gasteiger partial charge in [-0.2, -0.15) is 0 Å². The predicted octanol–water partition coefficient (Wildman–Crippen LogP) is -0.00910. The van der Waals surface area contributed by atoms with Gasteiger partial charge in [0.25, 0.3) is 0 Å². The Labute approximate surface area is 121 Å². The zero-order valence-electron chi connectivity index (χ0n) is 11.9. The number of hydrogen-bond donors (Lipinski definition) is 0. The molecule has 112 valence electrons. The Kier molecular flexibility index (Phi) is 3.74. The van der Waals surface area contributed by atoms with E-state index in [1.54, 1.807) is 12.3 Å². The molecule has 0 bridgehead atoms. The monoisotopic (exact) mass is 290 g/mol. The van der Waals surface area contributed by atoms with Gasteiger partial charge in [-0.1, -0.05) is 6.07 Å². The Morgan fingerprint density at radius 1 is 1.43 bits per heavy atom. The number of nitrogens with zero attached hydrogens (tertiary/aromatic N) is 4. The van der Waals surface area contributed by atoms with E-state index in [1.807, 2.05) is 12.1 Å². The molecule has 3 rings (SSSR count). The van der Waals surface area contributed by atoms with Gasteiger partial charge in [-0.15, -0.1) is 5.10 Å². The first-order chi connectivity index (χ1) is 10.2. The van der Waals surface area contributed by atoms with Crippen molar-refractivity contribution < 1.29 is 9.53 Å². The molecule has 0 saturated carbocycles. The van der Waals surface area contributed by atoms with Crippen molar-refractivity contribution in [3.63, 3.8) is 0 Å². The molecule has 0 N–H and O–H groups in total. The summed E-state index contributed by atoms with van der Waals surface area (Å²) < 4.78 is 7.77. The average molecular weight is 290 g/mol. The van der Waals surface area contributed by atoms with Crippen molar-refractivity contribution in [1.29, 1.82) is 0 Å². The van der Waals surface area contributed by atoms with E-state index < -0.39 is 0 Å². The number of rotatable bonds is 4. The fourth-order valence-electron chi connectivity index (χ4n) is 2.74. The van der Waals surface area contributed by atoms with Gasteiger partial charge in [0, 0.05) is 19.3 Å². The fourth-order valence-corrected chi connectivity index (χ4v) is 2.74. The Balaban J connectivity index is 1.64. The minimum Gasteiger partial charge on any atom is -0.469 e. The van der Waals surface area contributed by atoms with E-state index in [-0.39, 0.29) is 17.6 Å². The van der Waals surface area contributed by atoms with Crippen molar-refractivity contribution >= 4 is 11.6 Å². The molecule has 2 aromatic heterocycles. The number of carbonyl (C=O) groups excluding carboxylic acids is 1. The molecule has 7 nitrogen and oxygen atoms in total. The second kappa shape index (κ2) is 5.69. The fraction of sp³-hybridized carbons (Fsp3) is 0.500. The normalized spacial score (nSPS) is 19.2. The van der Waals surface area contributed by atoms with E-state index in [0.29, 0.717) is 25.3 Å². The number of ether oxygens (including phenoxy) is 1. The van der Waals surface area contributed by atoms with E-state index >= 15 is 0 Å². The van der Waals surface area contributed by atoms with Crippen LogP contribution in [-0.4, -0.2) is 51.8 Å². The molecule has 0 aliphatic carbocycles. The van der Waals surface area contributed by atoms with Crippen LogP contribution in [0.4, 0.5) is 0 Å². The molecule has 1 aliphatic rings. The Morgan fingerprint density at radius 2 is 2.29 bits per heavy atom. The summed E-state index contributed by atoms with van der Waals surface area (Å²) in [4.78, 5) is 25.8. The van der Waals surface area contributed by atoms with Crippen LogP contribution in [0.2, 0.25) is 0 Å². The topological polar surface area (TPSA) is 68.8 Å². The van der Waals surface area contributed by atoms with Crippen molar-refractivity contribution in [2.75, 3.05) is 26.7 Å². The van der Waals surface area contributed by atoms with Crippen LogP contribution in [-0.2, 0) is 16.1 Å². The van der Waals surface area contributed by atoms with Gasteiger partial charge < -0.3 is 9.64 Å². The molecular formula is C14H18N4O3. The van der Waals surface area contributed by atoms with Crippen LogP contribution in [0.15, 0.2) is 29.2 Å². The zero-order valence-corrected chi connectivity index (χ0v) is 11.9. The first kappa shape index (κ1) is 13.8. The van der Waals surface area contributed by atoms with Crippen molar-refractivity contribution in [2.24, 2.45) is 5.92 Å². The van der Waals surface area contributed by atoms with E-state index in [0.717, 1.165) is 13.0 Å². The first-order valence-corrected chi connectivity index (χ1v) is 7.03. The van der Waals surface area contributed by atoms with Crippen LogP contribution in [0, 0.1) is 5.92 Å². The maximum atomic E-state index is 12.1. The first-order valence-electron chi connectivity index (χ1n) is 7.03. The number of likely N-dealkylation sites (tertiary alicyclic amines) is 1. The van der Waals surface area contributed by atoms with Gasteiger partial charge in [-0.3, -0.25) is 9.20 Å². The lowest BCUT2D eigenvalue weighted by molar-refractivity contribution is -0.144. The largest absolute Gasteiger partial charge is 0.469 e. The van der Waals surface area contributed by atoms with E-state index in [9.17, 15) is 9.59 Å². The van der Waals surface area contributed by atoms with Crippen LogP contribution < -0.4 is 5.69 Å². The minimum absolute atomic E-state index is 0.0483. The molecule has 0 spiro atoms. The Hall–Kier alpha value is -2.15. The summed E-state index contributed by atoms with van der Waals surface area (Å²) in [6.45, 7) is 2.77. The molecule has 1 unspecified atom stereocenters. The maximum absolute atomic E-state index is 12.1. The standard InChI is InChI=1S/C14H18N4O3/c1-21-13(19)11-5-7-16(10-11)8-9-18-14(20)17-6-3-2-4-12(17)15-18/h2-4,6,11H,5,7-10H2,1H3. The lowest BCUT2D eigenvalue weighted by atomic mass is 10.1. The summed E-state index contributed by atoms with van der Waals surface area (Å²) in [5.74, 6) is -0.199. The summed E-state index contributed by atoms with van der Waals surface area (Å²) in [5.41, 5.74) is 0.519. The Morgan fingerprint density at radius 3 is 3.05 bits per heavy atom. The molecule has 1 saturated heterocycles. The molecule has 0 aromatic carbocycles. The molecule has 1 fully saturated rings. The highest BCUT2D eigenvalue weighted by Gasteiger charge is 2.28. The summed E-state index contributed by atoms with van der Waals surface area (Å²) in [6, 6.07) is 5.47. The predicted molar refractivity (Wildman–Crippen MR) is 76.0 cm³/mol. The third-order valence-corrected chi connectivity index (χ3v) is 3.92. The number of pyridine rings is 1. The highest BCUT2D eigenvalue weighted by molar-refractivity contribution is 5.72. The van der Waals surface area contributed by atoms with E-state index in [2.05, 4.69) is 10.00 Å². The molecule has 7 heteroatoms. The molecule has 0 amide bonds. The third kappa shape index (κ3) is 2.69. The van der Waals surface area contributed by atoms with Gasteiger partial charge in [0.15, 0.2) is 5.65 Å². The number of methoxy groups -OCH3 is 1.